The molecule has 0 saturated carbocycles. The summed E-state index contributed by atoms with van der Waals surface area (Å²) in [4.78, 5) is 16.0. The lowest BCUT2D eigenvalue weighted by Gasteiger charge is -2.22. The highest BCUT2D eigenvalue weighted by atomic mass is 19.4. The van der Waals surface area contributed by atoms with E-state index < -0.39 is 23.8 Å². The smallest absolute Gasteiger partial charge is 0.416 e. The summed E-state index contributed by atoms with van der Waals surface area (Å²) in [5, 5.41) is 9.28. The van der Waals surface area contributed by atoms with E-state index in [-0.39, 0.29) is 6.10 Å². The number of aliphatic carboxylic acids is 1. The van der Waals surface area contributed by atoms with Gasteiger partial charge in [-0.15, -0.1) is 0 Å². The molecule has 0 aliphatic heterocycles. The first-order valence-electron chi connectivity index (χ1n) is 12.3. The number of nitrogens with zero attached hydrogens (tertiary/aromatic N) is 1. The van der Waals surface area contributed by atoms with Crippen molar-refractivity contribution in [3.8, 4) is 22.8 Å². The Balaban J connectivity index is 1.85. The molecule has 3 rings (SSSR count). The van der Waals surface area contributed by atoms with Crippen molar-refractivity contribution in [3.63, 3.8) is 0 Å². The molecule has 1 N–H and O–H groups in total. The molecular formula is C29H32F3NO4. The molecule has 0 radical (unpaired) electrons. The van der Waals surface area contributed by atoms with Crippen LogP contribution in [0.15, 0.2) is 60.7 Å². The summed E-state index contributed by atoms with van der Waals surface area (Å²) in [7, 11) is 0. The molecule has 0 bridgehead atoms. The van der Waals surface area contributed by atoms with Crippen molar-refractivity contribution < 1.29 is 32.5 Å². The molecule has 0 spiro atoms. The van der Waals surface area contributed by atoms with Crippen LogP contribution in [0.3, 0.4) is 0 Å². The molecule has 0 aliphatic carbocycles. The largest absolute Gasteiger partial charge is 0.484 e. The molecule has 198 valence electrons. The first-order chi connectivity index (χ1) is 17.5. The van der Waals surface area contributed by atoms with E-state index in [0.717, 1.165) is 24.1 Å². The summed E-state index contributed by atoms with van der Waals surface area (Å²) in [5.74, 6) is 0.477. The zero-order valence-corrected chi connectivity index (χ0v) is 21.4. The van der Waals surface area contributed by atoms with Crippen LogP contribution in [0.5, 0.6) is 11.5 Å². The van der Waals surface area contributed by atoms with Gasteiger partial charge in [0, 0.05) is 5.56 Å². The van der Waals surface area contributed by atoms with Gasteiger partial charge in [-0.05, 0) is 80.1 Å². The molecule has 8 heteroatoms. The van der Waals surface area contributed by atoms with Gasteiger partial charge in [0.1, 0.15) is 17.6 Å². The normalized spacial score (nSPS) is 13.3. The minimum absolute atomic E-state index is 0.339. The van der Waals surface area contributed by atoms with Gasteiger partial charge in [0.15, 0.2) is 6.10 Å². The number of aromatic nitrogens is 1. The number of hydrogen-bond acceptors (Lipinski definition) is 4. The Bertz CT molecular complexity index is 1190. The molecule has 0 fully saturated rings. The third-order valence-electron chi connectivity index (χ3n) is 5.95. The van der Waals surface area contributed by atoms with E-state index in [9.17, 15) is 23.1 Å². The highest BCUT2D eigenvalue weighted by molar-refractivity contribution is 5.72. The van der Waals surface area contributed by atoms with Gasteiger partial charge in [-0.2, -0.15) is 13.2 Å². The fraction of sp³-hybridized carbons (Fsp3) is 0.379. The highest BCUT2D eigenvalue weighted by Gasteiger charge is 2.30. The first-order valence-corrected chi connectivity index (χ1v) is 12.3. The first kappa shape index (κ1) is 28.0. The number of pyridine rings is 1. The zero-order chi connectivity index (χ0) is 27.2. The lowest BCUT2D eigenvalue weighted by atomic mass is 10.0. The van der Waals surface area contributed by atoms with Crippen LogP contribution in [0, 0.1) is 12.8 Å². The molecule has 0 amide bonds. The highest BCUT2D eigenvalue weighted by Crippen LogP contribution is 2.33. The predicted molar refractivity (Wildman–Crippen MR) is 136 cm³/mol. The van der Waals surface area contributed by atoms with Gasteiger partial charge in [0.05, 0.1) is 17.0 Å². The zero-order valence-electron chi connectivity index (χ0n) is 21.4. The summed E-state index contributed by atoms with van der Waals surface area (Å²) in [6.07, 6.45) is -3.80. The minimum atomic E-state index is -4.40. The average molecular weight is 516 g/mol. The number of carboxylic acids is 1. The third-order valence-corrected chi connectivity index (χ3v) is 5.95. The van der Waals surface area contributed by atoms with Crippen molar-refractivity contribution in [2.24, 2.45) is 5.92 Å². The van der Waals surface area contributed by atoms with Crippen LogP contribution in [0.1, 0.15) is 63.0 Å². The van der Waals surface area contributed by atoms with E-state index in [2.05, 4.69) is 13.8 Å². The molecule has 1 heterocycles. The van der Waals surface area contributed by atoms with E-state index in [1.54, 1.807) is 31.2 Å². The van der Waals surface area contributed by atoms with Crippen LogP contribution < -0.4 is 9.47 Å². The Morgan fingerprint density at radius 3 is 2.27 bits per heavy atom. The molecular weight excluding hydrogens is 483 g/mol. The van der Waals surface area contributed by atoms with Crippen molar-refractivity contribution in [1.29, 1.82) is 0 Å². The monoisotopic (exact) mass is 515 g/mol. The lowest BCUT2D eigenvalue weighted by Crippen LogP contribution is -2.26. The van der Waals surface area contributed by atoms with Crippen molar-refractivity contribution >= 4 is 5.97 Å². The molecule has 37 heavy (non-hydrogen) atoms. The Hall–Kier alpha value is -3.55. The van der Waals surface area contributed by atoms with E-state index in [1.807, 2.05) is 19.1 Å². The van der Waals surface area contributed by atoms with Crippen LogP contribution in [0.2, 0.25) is 0 Å². The topological polar surface area (TPSA) is 68.7 Å². The number of carbonyl (C=O) groups is 1. The molecule has 2 aromatic carbocycles. The molecule has 0 aliphatic rings. The maximum atomic E-state index is 13.0. The van der Waals surface area contributed by atoms with Gasteiger partial charge in [0.2, 0.25) is 0 Å². The second-order valence-corrected chi connectivity index (χ2v) is 9.38. The SMILES string of the molecule is CCC(Oc1ccc(OC(CCC(C)C)c2cccc(-c3ccc(C(F)(F)F)cc3)n2)cc1C)C(=O)O. The second-order valence-electron chi connectivity index (χ2n) is 9.38. The fourth-order valence-corrected chi connectivity index (χ4v) is 3.83. The van der Waals surface area contributed by atoms with Gasteiger partial charge < -0.3 is 14.6 Å². The number of ether oxygens (including phenoxy) is 2. The maximum Gasteiger partial charge on any atom is 0.416 e. The molecule has 3 aromatic rings. The molecule has 1 aromatic heterocycles. The number of benzene rings is 2. The fourth-order valence-electron chi connectivity index (χ4n) is 3.83. The second kappa shape index (κ2) is 12.1. The van der Waals surface area contributed by atoms with Crippen LogP contribution in [0.4, 0.5) is 13.2 Å². The number of aryl methyl sites for hydroxylation is 1. The van der Waals surface area contributed by atoms with Gasteiger partial charge >= 0.3 is 12.1 Å². The quantitative estimate of drug-likeness (QED) is 0.281. The number of hydrogen-bond donors (Lipinski definition) is 1. The Labute approximate surface area is 215 Å². The summed E-state index contributed by atoms with van der Waals surface area (Å²) >= 11 is 0. The van der Waals surface area contributed by atoms with Gasteiger partial charge in [-0.1, -0.05) is 39.0 Å². The minimum Gasteiger partial charge on any atom is -0.484 e. The van der Waals surface area contributed by atoms with E-state index in [1.165, 1.54) is 12.1 Å². The number of halogens is 3. The van der Waals surface area contributed by atoms with Gasteiger partial charge in [-0.25, -0.2) is 9.78 Å². The van der Waals surface area contributed by atoms with Crippen LogP contribution in [-0.2, 0) is 11.0 Å². The van der Waals surface area contributed by atoms with E-state index in [0.29, 0.717) is 47.2 Å². The number of alkyl halides is 3. The molecule has 0 saturated heterocycles. The van der Waals surface area contributed by atoms with Crippen molar-refractivity contribution in [3.05, 3.63) is 77.5 Å². The standard InChI is InChI=1S/C29H32F3NO4/c1-5-25(28(34)35)37-26-16-14-22(17-19(26)4)36-27(15-9-18(2)3)24-8-6-7-23(33-24)20-10-12-21(13-11-20)29(30,31)32/h6-8,10-14,16-18,25,27H,5,9,15H2,1-4H3,(H,34,35). The molecule has 2 atom stereocenters. The maximum absolute atomic E-state index is 13.0. The van der Waals surface area contributed by atoms with E-state index in [4.69, 9.17) is 14.5 Å². The van der Waals surface area contributed by atoms with Crippen LogP contribution in [-0.4, -0.2) is 22.2 Å². The van der Waals surface area contributed by atoms with Gasteiger partial charge in [0.25, 0.3) is 0 Å². The summed E-state index contributed by atoms with van der Waals surface area (Å²) < 4.78 is 50.8. The third kappa shape index (κ3) is 7.71. The number of carboxylic acid groups (broad SMARTS) is 1. The van der Waals surface area contributed by atoms with Crippen molar-refractivity contribution in [2.45, 2.75) is 65.3 Å². The molecule has 5 nitrogen and oxygen atoms in total. The average Bonchev–Trinajstić information content (AvgIpc) is 2.85. The van der Waals surface area contributed by atoms with Crippen LogP contribution in [0.25, 0.3) is 11.3 Å². The predicted octanol–water partition coefficient (Wildman–Crippen LogP) is 7.87. The van der Waals surface area contributed by atoms with Crippen molar-refractivity contribution in [2.75, 3.05) is 0 Å². The van der Waals surface area contributed by atoms with Crippen LogP contribution >= 0.6 is 0 Å². The van der Waals surface area contributed by atoms with E-state index >= 15 is 0 Å². The molecule has 2 unspecified atom stereocenters. The Morgan fingerprint density at radius 2 is 1.70 bits per heavy atom. The van der Waals surface area contributed by atoms with Gasteiger partial charge in [-0.3, -0.25) is 0 Å². The summed E-state index contributed by atoms with van der Waals surface area (Å²) in [5.41, 5.74) is 1.85. The lowest BCUT2D eigenvalue weighted by molar-refractivity contribution is -0.145. The number of rotatable bonds is 11. The van der Waals surface area contributed by atoms with Crippen molar-refractivity contribution in [1.82, 2.24) is 4.98 Å². The summed E-state index contributed by atoms with van der Waals surface area (Å²) in [6.45, 7) is 7.80. The Kier molecular flexibility index (Phi) is 9.18. The Morgan fingerprint density at radius 1 is 1.00 bits per heavy atom. The summed E-state index contributed by atoms with van der Waals surface area (Å²) in [6, 6.07) is 15.6.